The maximum Gasteiger partial charge on any atom is 0.306 e. The van der Waals surface area contributed by atoms with Crippen molar-refractivity contribution in [1.82, 2.24) is 0 Å². The van der Waals surface area contributed by atoms with Crippen molar-refractivity contribution in [2.45, 2.75) is 257 Å². The van der Waals surface area contributed by atoms with E-state index < -0.39 is 25.5 Å². The summed E-state index contributed by atoms with van der Waals surface area (Å²) in [5.41, 5.74) is 0. The Bertz CT molecular complexity index is 1090. The van der Waals surface area contributed by atoms with Gasteiger partial charge in [-0.05, 0) is 64.2 Å². The Balaban J connectivity index is 4.31. The van der Waals surface area contributed by atoms with Crippen molar-refractivity contribution in [2.24, 2.45) is 0 Å². The van der Waals surface area contributed by atoms with Crippen LogP contribution >= 0.6 is 7.60 Å². The van der Waals surface area contributed by atoms with Crippen LogP contribution in [-0.2, 0) is 28.2 Å². The normalized spacial score (nSPS) is 14.2. The second-order valence-corrected chi connectivity index (χ2v) is 20.4. The molecule has 0 saturated heterocycles. The standard InChI is InChI=1S/C51H98NO7P/c1-7-10-12-14-16-18-20-22-24-25-26-27-28-29-31-32-34-36-38-40-42-44-50(53)57-46-48(47-58-60(55,56)49(9-3)52(4,5)6)59-51(54)45-43-41-39-37-35-33-30-23-21-19-17-15-13-11-8-2/h22-24,30,48-49H,7-21,25-29,31-47H2,1-6H3/b24-22-,30-23-/t48-,49?/m1/s1. The molecular formula is C51H98NO7P. The van der Waals surface area contributed by atoms with Crippen molar-refractivity contribution < 1.29 is 37.5 Å². The molecule has 354 valence electrons. The first-order valence-electron chi connectivity index (χ1n) is 25.4. The lowest BCUT2D eigenvalue weighted by atomic mass is 10.0. The Hall–Kier alpha value is -1.47. The molecule has 0 heterocycles. The van der Waals surface area contributed by atoms with E-state index in [1.807, 2.05) is 28.1 Å². The molecular weight excluding hydrogens is 770 g/mol. The van der Waals surface area contributed by atoms with Crippen molar-refractivity contribution in [2.75, 3.05) is 34.4 Å². The molecule has 0 fully saturated rings. The average molecular weight is 868 g/mol. The van der Waals surface area contributed by atoms with Crippen molar-refractivity contribution in [3.63, 3.8) is 0 Å². The van der Waals surface area contributed by atoms with Gasteiger partial charge in [0, 0.05) is 19.3 Å². The zero-order valence-corrected chi connectivity index (χ0v) is 41.3. The monoisotopic (exact) mass is 868 g/mol. The van der Waals surface area contributed by atoms with E-state index in [4.69, 9.17) is 14.0 Å². The molecule has 0 radical (unpaired) electrons. The molecule has 0 aromatic rings. The molecule has 3 atom stereocenters. The molecule has 8 nitrogen and oxygen atoms in total. The summed E-state index contributed by atoms with van der Waals surface area (Å²) < 4.78 is 29.9. The van der Waals surface area contributed by atoms with Gasteiger partial charge in [-0.1, -0.05) is 186 Å². The molecule has 0 aliphatic rings. The highest BCUT2D eigenvalue weighted by molar-refractivity contribution is 7.51. The second kappa shape index (κ2) is 41.5. The molecule has 0 rings (SSSR count). The van der Waals surface area contributed by atoms with E-state index in [2.05, 4.69) is 38.2 Å². The lowest BCUT2D eigenvalue weighted by molar-refractivity contribution is -0.884. The van der Waals surface area contributed by atoms with Gasteiger partial charge in [0.2, 0.25) is 0 Å². The molecule has 9 heteroatoms. The molecule has 0 N–H and O–H groups in total. The van der Waals surface area contributed by atoms with Crippen LogP contribution in [-0.4, -0.2) is 62.7 Å². The van der Waals surface area contributed by atoms with E-state index in [0.717, 1.165) is 51.4 Å². The molecule has 0 amide bonds. The predicted molar refractivity (Wildman–Crippen MR) is 253 cm³/mol. The first kappa shape index (κ1) is 58.5. The molecule has 2 unspecified atom stereocenters. The quantitative estimate of drug-likeness (QED) is 0.0197. The van der Waals surface area contributed by atoms with Gasteiger partial charge in [0.15, 0.2) is 19.5 Å². The van der Waals surface area contributed by atoms with E-state index in [0.29, 0.717) is 19.3 Å². The molecule has 60 heavy (non-hydrogen) atoms. The summed E-state index contributed by atoms with van der Waals surface area (Å²) in [6.45, 7) is 5.76. The fourth-order valence-electron chi connectivity index (χ4n) is 7.83. The Morgan fingerprint density at radius 3 is 1.18 bits per heavy atom. The summed E-state index contributed by atoms with van der Waals surface area (Å²) in [6, 6.07) is 0. The highest BCUT2D eigenvalue weighted by atomic mass is 31.2. The van der Waals surface area contributed by atoms with Crippen molar-refractivity contribution in [3.05, 3.63) is 24.3 Å². The molecule has 0 aliphatic heterocycles. The first-order chi connectivity index (χ1) is 29.0. The highest BCUT2D eigenvalue weighted by Gasteiger charge is 2.34. The van der Waals surface area contributed by atoms with Crippen LogP contribution < -0.4 is 4.89 Å². The Labute approximate surface area is 371 Å². The number of allylic oxidation sites excluding steroid dienone is 4. The predicted octanol–water partition coefficient (Wildman–Crippen LogP) is 14.9. The van der Waals surface area contributed by atoms with Crippen LogP contribution in [0.1, 0.15) is 245 Å². The van der Waals surface area contributed by atoms with Gasteiger partial charge >= 0.3 is 11.9 Å². The van der Waals surface area contributed by atoms with Crippen LogP contribution in [0.2, 0.25) is 0 Å². The number of hydrogen-bond donors (Lipinski definition) is 0. The van der Waals surface area contributed by atoms with Gasteiger partial charge in [0.05, 0.1) is 27.7 Å². The van der Waals surface area contributed by atoms with Crippen LogP contribution in [0, 0.1) is 0 Å². The Morgan fingerprint density at radius 2 is 0.833 bits per heavy atom. The number of unbranched alkanes of at least 4 members (excludes halogenated alkanes) is 28. The summed E-state index contributed by atoms with van der Waals surface area (Å²) in [5.74, 6) is -1.52. The Morgan fingerprint density at radius 1 is 0.500 bits per heavy atom. The summed E-state index contributed by atoms with van der Waals surface area (Å²) in [4.78, 5) is 38.5. The molecule has 0 bridgehead atoms. The third-order valence-electron chi connectivity index (χ3n) is 11.6. The lowest BCUT2D eigenvalue weighted by Gasteiger charge is -2.41. The number of ether oxygens (including phenoxy) is 2. The largest absolute Gasteiger partial charge is 0.774 e. The van der Waals surface area contributed by atoms with Crippen molar-refractivity contribution >= 4 is 19.5 Å². The number of hydrogen-bond acceptors (Lipinski definition) is 7. The van der Waals surface area contributed by atoms with Crippen molar-refractivity contribution in [3.8, 4) is 0 Å². The number of esters is 2. The maximum atomic E-state index is 13.1. The van der Waals surface area contributed by atoms with Crippen LogP contribution in [0.3, 0.4) is 0 Å². The topological polar surface area (TPSA) is 102 Å². The van der Waals surface area contributed by atoms with Gasteiger partial charge in [-0.3, -0.25) is 9.59 Å². The minimum Gasteiger partial charge on any atom is -0.774 e. The van der Waals surface area contributed by atoms with Gasteiger partial charge in [-0.2, -0.15) is 0 Å². The van der Waals surface area contributed by atoms with Crippen LogP contribution in [0.4, 0.5) is 0 Å². The number of carbonyl (C=O) groups is 2. The van der Waals surface area contributed by atoms with Crippen LogP contribution in [0.25, 0.3) is 0 Å². The number of nitrogens with zero attached hydrogens (tertiary/aromatic N) is 1. The second-order valence-electron chi connectivity index (χ2n) is 18.4. The smallest absolute Gasteiger partial charge is 0.306 e. The third kappa shape index (κ3) is 38.2. The SMILES string of the molecule is CCCCCCCC/C=C\CCCCCCCCCCCCCC(=O)OC[C@H](COP(=O)([O-])C(CC)[N+](C)(C)C)OC(=O)CCCCCCC/C=C\CCCCCCCC. The lowest BCUT2D eigenvalue weighted by Crippen LogP contribution is -2.47. The van der Waals surface area contributed by atoms with E-state index in [-0.39, 0.29) is 30.1 Å². The summed E-state index contributed by atoms with van der Waals surface area (Å²) in [6.07, 6.45) is 48.5. The van der Waals surface area contributed by atoms with Gasteiger partial charge in [0.25, 0.3) is 0 Å². The molecule has 0 aromatic carbocycles. The molecule has 0 aromatic heterocycles. The maximum absolute atomic E-state index is 13.1. The third-order valence-corrected chi connectivity index (χ3v) is 13.9. The minimum atomic E-state index is -4.29. The number of quaternary nitrogens is 1. The van der Waals surface area contributed by atoms with Crippen LogP contribution in [0.15, 0.2) is 24.3 Å². The zero-order chi connectivity index (χ0) is 44.4. The summed E-state index contributed by atoms with van der Waals surface area (Å²) in [5, 5.41) is 0. The van der Waals surface area contributed by atoms with Gasteiger partial charge in [-0.25, -0.2) is 0 Å². The first-order valence-corrected chi connectivity index (χ1v) is 27.0. The fourth-order valence-corrected chi connectivity index (χ4v) is 9.67. The average Bonchev–Trinajstić information content (AvgIpc) is 3.20. The van der Waals surface area contributed by atoms with E-state index in [9.17, 15) is 19.0 Å². The molecule has 0 spiro atoms. The molecule has 0 saturated carbocycles. The van der Waals surface area contributed by atoms with E-state index in [1.54, 1.807) is 0 Å². The number of rotatable bonds is 45. The van der Waals surface area contributed by atoms with Crippen LogP contribution in [0.5, 0.6) is 0 Å². The number of carbonyl (C=O) groups excluding carboxylic acids is 2. The summed E-state index contributed by atoms with van der Waals surface area (Å²) >= 11 is 0. The summed E-state index contributed by atoms with van der Waals surface area (Å²) in [7, 11) is 1.15. The highest BCUT2D eigenvalue weighted by Crippen LogP contribution is 2.47. The van der Waals surface area contributed by atoms with Gasteiger partial charge in [0.1, 0.15) is 6.61 Å². The van der Waals surface area contributed by atoms with Gasteiger partial charge in [-0.15, -0.1) is 0 Å². The fraction of sp³-hybridized carbons (Fsp3) is 0.882. The van der Waals surface area contributed by atoms with E-state index in [1.165, 1.54) is 148 Å². The van der Waals surface area contributed by atoms with E-state index >= 15 is 0 Å². The van der Waals surface area contributed by atoms with Crippen molar-refractivity contribution in [1.29, 1.82) is 0 Å². The Kier molecular flexibility index (Phi) is 40.5. The minimum absolute atomic E-state index is 0.198. The van der Waals surface area contributed by atoms with Gasteiger partial charge < -0.3 is 27.9 Å². The zero-order valence-electron chi connectivity index (χ0n) is 40.4. The molecule has 0 aliphatic carbocycles.